The van der Waals surface area contributed by atoms with Gasteiger partial charge in [0.15, 0.2) is 0 Å². The van der Waals surface area contributed by atoms with Crippen LogP contribution in [0.15, 0.2) is 54.6 Å². The molecule has 5 nitrogen and oxygen atoms in total. The molecule has 2 amide bonds. The van der Waals surface area contributed by atoms with E-state index in [1.54, 1.807) is 7.11 Å². The summed E-state index contributed by atoms with van der Waals surface area (Å²) < 4.78 is 10.3. The minimum atomic E-state index is -0.544. The second kappa shape index (κ2) is 8.04. The number of benzene rings is 2. The van der Waals surface area contributed by atoms with Gasteiger partial charge in [-0.15, -0.1) is 0 Å². The van der Waals surface area contributed by atoms with Crippen LogP contribution in [0.1, 0.15) is 30.4 Å². The van der Waals surface area contributed by atoms with E-state index in [4.69, 9.17) is 9.47 Å². The molecule has 5 heteroatoms. The number of cyclic esters (lactones) is 1. The topological polar surface area (TPSA) is 55.8 Å². The van der Waals surface area contributed by atoms with Crippen molar-refractivity contribution in [3.8, 4) is 5.75 Å². The van der Waals surface area contributed by atoms with Gasteiger partial charge in [-0.2, -0.15) is 0 Å². The first-order valence-corrected chi connectivity index (χ1v) is 8.75. The SMILES string of the molecule is COc1ccc([C@H](C)CC(=O)N2C(=O)OC[C@H]2Cc2ccccc2)cc1. The Hall–Kier alpha value is -2.82. The number of hydrogen-bond acceptors (Lipinski definition) is 4. The Labute approximate surface area is 153 Å². The lowest BCUT2D eigenvalue weighted by Crippen LogP contribution is -2.40. The van der Waals surface area contributed by atoms with E-state index in [0.29, 0.717) is 6.42 Å². The van der Waals surface area contributed by atoms with E-state index in [1.807, 2.05) is 61.5 Å². The van der Waals surface area contributed by atoms with Crippen LogP contribution in [0.2, 0.25) is 0 Å². The lowest BCUT2D eigenvalue weighted by Gasteiger charge is -2.21. The third-order valence-electron chi connectivity index (χ3n) is 4.71. The Morgan fingerprint density at radius 1 is 1.19 bits per heavy atom. The summed E-state index contributed by atoms with van der Waals surface area (Å²) in [6.45, 7) is 2.23. The zero-order chi connectivity index (χ0) is 18.5. The minimum Gasteiger partial charge on any atom is -0.497 e. The Morgan fingerprint density at radius 2 is 1.88 bits per heavy atom. The van der Waals surface area contributed by atoms with Gasteiger partial charge in [0.2, 0.25) is 5.91 Å². The van der Waals surface area contributed by atoms with Crippen molar-refractivity contribution in [1.29, 1.82) is 0 Å². The zero-order valence-corrected chi connectivity index (χ0v) is 15.1. The number of methoxy groups -OCH3 is 1. The number of amides is 2. The molecule has 1 heterocycles. The van der Waals surface area contributed by atoms with Crippen LogP contribution < -0.4 is 4.74 Å². The summed E-state index contributed by atoms with van der Waals surface area (Å²) in [4.78, 5) is 26.1. The van der Waals surface area contributed by atoms with Gasteiger partial charge in [-0.05, 0) is 35.6 Å². The standard InChI is InChI=1S/C21H23NO4/c1-15(17-8-10-19(25-2)11-9-17)12-20(23)22-18(14-26-21(22)24)13-16-6-4-3-5-7-16/h3-11,15,18H,12-14H2,1-2H3/t15-,18-/m1/s1. The van der Waals surface area contributed by atoms with E-state index in [1.165, 1.54) is 4.90 Å². The normalized spacial score (nSPS) is 17.7. The van der Waals surface area contributed by atoms with Gasteiger partial charge in [-0.1, -0.05) is 49.4 Å². The molecule has 2 aromatic carbocycles. The van der Waals surface area contributed by atoms with Gasteiger partial charge in [0.1, 0.15) is 12.4 Å². The highest BCUT2D eigenvalue weighted by Crippen LogP contribution is 2.25. The molecule has 0 unspecified atom stereocenters. The maximum atomic E-state index is 12.8. The molecule has 1 aliphatic rings. The molecule has 1 saturated heterocycles. The van der Waals surface area contributed by atoms with Crippen LogP contribution in [0.5, 0.6) is 5.75 Å². The second-order valence-corrected chi connectivity index (χ2v) is 6.56. The first kappa shape index (κ1) is 18.0. The number of ether oxygens (including phenoxy) is 2. The van der Waals surface area contributed by atoms with Gasteiger partial charge < -0.3 is 9.47 Å². The fourth-order valence-corrected chi connectivity index (χ4v) is 3.21. The highest BCUT2D eigenvalue weighted by atomic mass is 16.6. The van der Waals surface area contributed by atoms with E-state index in [2.05, 4.69) is 0 Å². The van der Waals surface area contributed by atoms with E-state index in [-0.39, 0.29) is 30.9 Å². The molecule has 0 bridgehead atoms. The molecule has 0 radical (unpaired) electrons. The molecule has 136 valence electrons. The molecular weight excluding hydrogens is 330 g/mol. The van der Waals surface area contributed by atoms with Crippen LogP contribution in [0.4, 0.5) is 4.79 Å². The van der Waals surface area contributed by atoms with E-state index in [0.717, 1.165) is 16.9 Å². The molecule has 26 heavy (non-hydrogen) atoms. The molecule has 1 aliphatic heterocycles. The Kier molecular flexibility index (Phi) is 5.56. The smallest absolute Gasteiger partial charge is 0.416 e. The summed E-state index contributed by atoms with van der Waals surface area (Å²) in [6, 6.07) is 17.2. The van der Waals surface area contributed by atoms with Gasteiger partial charge >= 0.3 is 6.09 Å². The van der Waals surface area contributed by atoms with Gasteiger partial charge in [-0.3, -0.25) is 4.79 Å². The molecular formula is C21H23NO4. The summed E-state index contributed by atoms with van der Waals surface area (Å²) >= 11 is 0. The van der Waals surface area contributed by atoms with Crippen molar-refractivity contribution in [2.24, 2.45) is 0 Å². The van der Waals surface area contributed by atoms with Crippen molar-refractivity contribution in [2.75, 3.05) is 13.7 Å². The van der Waals surface area contributed by atoms with E-state index >= 15 is 0 Å². The fourth-order valence-electron chi connectivity index (χ4n) is 3.21. The third kappa shape index (κ3) is 4.04. The highest BCUT2D eigenvalue weighted by Gasteiger charge is 2.38. The van der Waals surface area contributed by atoms with Gasteiger partial charge in [0.25, 0.3) is 0 Å². The predicted molar refractivity (Wildman–Crippen MR) is 98.2 cm³/mol. The van der Waals surface area contributed by atoms with Crippen molar-refractivity contribution >= 4 is 12.0 Å². The van der Waals surface area contributed by atoms with Crippen molar-refractivity contribution < 1.29 is 19.1 Å². The number of nitrogens with zero attached hydrogens (tertiary/aromatic N) is 1. The van der Waals surface area contributed by atoms with Crippen LogP contribution >= 0.6 is 0 Å². The maximum absolute atomic E-state index is 12.8. The van der Waals surface area contributed by atoms with Crippen LogP contribution in [-0.4, -0.2) is 36.7 Å². The van der Waals surface area contributed by atoms with Crippen LogP contribution in [0, 0.1) is 0 Å². The van der Waals surface area contributed by atoms with Crippen molar-refractivity contribution in [1.82, 2.24) is 4.90 Å². The first-order valence-electron chi connectivity index (χ1n) is 8.75. The monoisotopic (exact) mass is 353 g/mol. The molecule has 2 atom stereocenters. The van der Waals surface area contributed by atoms with Crippen LogP contribution in [-0.2, 0) is 16.0 Å². The average molecular weight is 353 g/mol. The molecule has 0 N–H and O–H groups in total. The lowest BCUT2D eigenvalue weighted by atomic mass is 9.96. The fraction of sp³-hybridized carbons (Fsp3) is 0.333. The summed E-state index contributed by atoms with van der Waals surface area (Å²) in [7, 11) is 1.62. The number of carbonyl (C=O) groups excluding carboxylic acids is 2. The van der Waals surface area contributed by atoms with Gasteiger partial charge in [-0.25, -0.2) is 9.69 Å². The predicted octanol–water partition coefficient (Wildman–Crippen LogP) is 3.78. The molecule has 1 fully saturated rings. The molecule has 0 saturated carbocycles. The second-order valence-electron chi connectivity index (χ2n) is 6.56. The highest BCUT2D eigenvalue weighted by molar-refractivity contribution is 5.93. The Balaban J connectivity index is 1.67. The lowest BCUT2D eigenvalue weighted by molar-refractivity contribution is -0.129. The summed E-state index contributed by atoms with van der Waals surface area (Å²) in [5, 5.41) is 0. The number of hydrogen-bond donors (Lipinski definition) is 0. The minimum absolute atomic E-state index is 0.000758. The van der Waals surface area contributed by atoms with Crippen molar-refractivity contribution in [3.63, 3.8) is 0 Å². The first-order chi connectivity index (χ1) is 12.6. The number of carbonyl (C=O) groups is 2. The largest absolute Gasteiger partial charge is 0.497 e. The number of imide groups is 1. The van der Waals surface area contributed by atoms with Gasteiger partial charge in [0.05, 0.1) is 13.2 Å². The van der Waals surface area contributed by atoms with Crippen molar-refractivity contribution in [2.45, 2.75) is 31.7 Å². The quantitative estimate of drug-likeness (QED) is 0.793. The van der Waals surface area contributed by atoms with Crippen molar-refractivity contribution in [3.05, 3.63) is 65.7 Å². The molecule has 0 spiro atoms. The average Bonchev–Trinajstić information content (AvgIpc) is 3.02. The van der Waals surface area contributed by atoms with E-state index in [9.17, 15) is 9.59 Å². The molecule has 3 rings (SSSR count). The molecule has 2 aromatic rings. The summed E-state index contributed by atoms with van der Waals surface area (Å²) in [5.41, 5.74) is 2.11. The molecule has 0 aromatic heterocycles. The third-order valence-corrected chi connectivity index (χ3v) is 4.71. The Morgan fingerprint density at radius 3 is 2.54 bits per heavy atom. The summed E-state index contributed by atoms with van der Waals surface area (Å²) in [6.07, 6.45) is 0.319. The van der Waals surface area contributed by atoms with Crippen LogP contribution in [0.25, 0.3) is 0 Å². The van der Waals surface area contributed by atoms with Crippen LogP contribution in [0.3, 0.4) is 0 Å². The maximum Gasteiger partial charge on any atom is 0.416 e. The van der Waals surface area contributed by atoms with Gasteiger partial charge in [0, 0.05) is 6.42 Å². The summed E-state index contributed by atoms with van der Waals surface area (Å²) in [5.74, 6) is 0.578. The Bertz CT molecular complexity index is 757. The molecule has 0 aliphatic carbocycles. The number of rotatable bonds is 6. The van der Waals surface area contributed by atoms with E-state index < -0.39 is 6.09 Å². The zero-order valence-electron chi connectivity index (χ0n) is 15.1.